The monoisotopic (exact) mass is 612 g/mol. The Labute approximate surface area is 239 Å². The molecule has 0 aliphatic carbocycles. The number of ether oxygens (including phenoxy) is 1. The van der Waals surface area contributed by atoms with E-state index in [1.807, 2.05) is 0 Å². The standard InChI is InChI=1S/C25H44N6O6SSi2/c1-23(2,3)39(8,9)34-12-17-25(16(26)13-38(32,33)37-25)19(36-40(10,11)24(4,5)6)22(35-17)31-15-30-18-20(27-7)28-14-29-21(18)31/h13-15,17,19,22H,12,26H2,1-11H3,(H,27,28,29)/t17-,19+,22-,25-/m1/s1. The van der Waals surface area contributed by atoms with Crippen LogP contribution in [0.2, 0.25) is 36.3 Å². The Morgan fingerprint density at radius 3 is 2.23 bits per heavy atom. The van der Waals surface area contributed by atoms with Crippen LogP contribution in [0, 0.1) is 0 Å². The number of hydrogen-bond acceptors (Lipinski definition) is 11. The second-order valence-corrected chi connectivity index (χ2v) is 24.6. The molecule has 15 heteroatoms. The Kier molecular flexibility index (Phi) is 7.65. The Morgan fingerprint density at radius 2 is 1.70 bits per heavy atom. The lowest BCUT2D eigenvalue weighted by Gasteiger charge is -2.43. The molecular formula is C25H44N6O6SSi2. The van der Waals surface area contributed by atoms with Crippen LogP contribution in [-0.4, -0.2) is 76.0 Å². The molecule has 1 saturated heterocycles. The molecule has 0 radical (unpaired) electrons. The van der Waals surface area contributed by atoms with Crippen LogP contribution in [-0.2, 0) is 27.9 Å². The van der Waals surface area contributed by atoms with E-state index in [1.54, 1.807) is 17.9 Å². The second-order valence-electron chi connectivity index (χ2n) is 13.6. The van der Waals surface area contributed by atoms with Gasteiger partial charge in [-0.05, 0) is 36.3 Å². The van der Waals surface area contributed by atoms with E-state index in [4.69, 9.17) is 23.5 Å². The third kappa shape index (κ3) is 5.14. The minimum atomic E-state index is -4.11. The smallest absolute Gasteiger partial charge is 0.292 e. The number of nitrogens with one attached hydrogen (secondary N) is 1. The summed E-state index contributed by atoms with van der Waals surface area (Å²) in [5.41, 5.74) is 5.99. The molecule has 40 heavy (non-hydrogen) atoms. The summed E-state index contributed by atoms with van der Waals surface area (Å²) in [5, 5.41) is 3.71. The third-order valence-electron chi connectivity index (χ3n) is 8.94. The number of nitrogens with two attached hydrogens (primary N) is 1. The summed E-state index contributed by atoms with van der Waals surface area (Å²) in [6.45, 7) is 21.2. The van der Waals surface area contributed by atoms with E-state index in [-0.39, 0.29) is 22.4 Å². The molecule has 4 atom stereocenters. The van der Waals surface area contributed by atoms with Crippen molar-refractivity contribution < 1.29 is 26.2 Å². The highest BCUT2D eigenvalue weighted by atomic mass is 32.2. The van der Waals surface area contributed by atoms with Gasteiger partial charge in [-0.3, -0.25) is 4.57 Å². The molecule has 2 aromatic heterocycles. The maximum Gasteiger partial charge on any atom is 0.292 e. The SMILES string of the molecule is CNc1ncnc2c1ncn2[C@@H]1O[C@H](CO[Si](C)(C)C(C)(C)C)[C@@]2(OS(=O)(=O)C=C2N)[C@H]1O[Si](C)(C)C(C)(C)C. The van der Waals surface area contributed by atoms with Crippen molar-refractivity contribution in [3.05, 3.63) is 23.8 Å². The molecule has 2 aromatic rings. The van der Waals surface area contributed by atoms with Crippen molar-refractivity contribution in [1.82, 2.24) is 19.5 Å². The summed E-state index contributed by atoms with van der Waals surface area (Å²) in [5.74, 6) is 0.551. The van der Waals surface area contributed by atoms with E-state index in [0.717, 1.165) is 5.41 Å². The zero-order valence-corrected chi connectivity index (χ0v) is 28.2. The van der Waals surface area contributed by atoms with Crippen LogP contribution in [0.15, 0.2) is 23.8 Å². The van der Waals surface area contributed by atoms with Gasteiger partial charge in [-0.25, -0.2) is 19.1 Å². The minimum absolute atomic E-state index is 0.0255. The van der Waals surface area contributed by atoms with Crippen LogP contribution in [0.3, 0.4) is 0 Å². The fourth-order valence-corrected chi connectivity index (χ4v) is 7.94. The lowest BCUT2D eigenvalue weighted by atomic mass is 9.89. The quantitative estimate of drug-likeness (QED) is 0.344. The van der Waals surface area contributed by atoms with Gasteiger partial charge in [0.1, 0.15) is 24.1 Å². The second kappa shape index (κ2) is 9.85. The Hall–Kier alpha value is -1.89. The largest absolute Gasteiger partial charge is 0.414 e. The molecule has 3 N–H and O–H groups in total. The van der Waals surface area contributed by atoms with Crippen molar-refractivity contribution in [2.45, 2.75) is 102 Å². The van der Waals surface area contributed by atoms with Gasteiger partial charge in [-0.15, -0.1) is 0 Å². The summed E-state index contributed by atoms with van der Waals surface area (Å²) in [7, 11) is -7.17. The first-order chi connectivity index (χ1) is 18.2. The zero-order chi connectivity index (χ0) is 30.1. The topological polar surface area (TPSA) is 153 Å². The fourth-order valence-electron chi connectivity index (χ4n) is 4.44. The third-order valence-corrected chi connectivity index (χ3v) is 18.9. The van der Waals surface area contributed by atoms with Gasteiger partial charge in [-0.1, -0.05) is 41.5 Å². The first-order valence-electron chi connectivity index (χ1n) is 13.4. The van der Waals surface area contributed by atoms with Crippen molar-refractivity contribution in [3.63, 3.8) is 0 Å². The Balaban J connectivity index is 1.90. The van der Waals surface area contributed by atoms with Gasteiger partial charge in [0.25, 0.3) is 10.1 Å². The van der Waals surface area contributed by atoms with Crippen LogP contribution >= 0.6 is 0 Å². The van der Waals surface area contributed by atoms with Gasteiger partial charge in [0.2, 0.25) is 0 Å². The predicted molar refractivity (Wildman–Crippen MR) is 159 cm³/mol. The summed E-state index contributed by atoms with van der Waals surface area (Å²) in [4.78, 5) is 13.3. The van der Waals surface area contributed by atoms with Crippen LogP contribution in [0.25, 0.3) is 11.2 Å². The summed E-state index contributed by atoms with van der Waals surface area (Å²) in [6.07, 6.45) is 0.329. The van der Waals surface area contributed by atoms with Crippen molar-refractivity contribution >= 4 is 43.7 Å². The first-order valence-corrected chi connectivity index (χ1v) is 20.7. The maximum atomic E-state index is 12.9. The van der Waals surface area contributed by atoms with Crippen molar-refractivity contribution in [3.8, 4) is 0 Å². The van der Waals surface area contributed by atoms with Gasteiger partial charge in [0, 0.05) is 7.05 Å². The van der Waals surface area contributed by atoms with Crippen molar-refractivity contribution in [2.75, 3.05) is 19.0 Å². The maximum absolute atomic E-state index is 12.9. The number of anilines is 1. The van der Waals surface area contributed by atoms with E-state index in [9.17, 15) is 8.42 Å². The number of imidazole rings is 1. The minimum Gasteiger partial charge on any atom is -0.414 e. The Morgan fingerprint density at radius 1 is 1.07 bits per heavy atom. The van der Waals surface area contributed by atoms with Gasteiger partial charge in [0.15, 0.2) is 39.9 Å². The molecular weight excluding hydrogens is 569 g/mol. The molecule has 0 amide bonds. The molecule has 0 unspecified atom stereocenters. The molecule has 0 aromatic carbocycles. The molecule has 2 aliphatic heterocycles. The summed E-state index contributed by atoms with van der Waals surface area (Å²) in [6, 6.07) is 0. The molecule has 4 heterocycles. The summed E-state index contributed by atoms with van der Waals surface area (Å²) >= 11 is 0. The molecule has 4 rings (SSSR count). The van der Waals surface area contributed by atoms with E-state index in [2.05, 4.69) is 88.0 Å². The first kappa shape index (κ1) is 31.1. The average molecular weight is 613 g/mol. The van der Waals surface area contributed by atoms with E-state index in [1.165, 1.54) is 6.33 Å². The van der Waals surface area contributed by atoms with Crippen LogP contribution in [0.4, 0.5) is 5.82 Å². The molecule has 0 saturated carbocycles. The molecule has 1 fully saturated rings. The van der Waals surface area contributed by atoms with Crippen LogP contribution < -0.4 is 11.1 Å². The summed E-state index contributed by atoms with van der Waals surface area (Å²) < 4.78 is 53.8. The van der Waals surface area contributed by atoms with Gasteiger partial charge < -0.3 is 24.6 Å². The van der Waals surface area contributed by atoms with Crippen LogP contribution in [0.1, 0.15) is 47.8 Å². The van der Waals surface area contributed by atoms with Crippen molar-refractivity contribution in [2.24, 2.45) is 5.73 Å². The fraction of sp³-hybridized carbons (Fsp3) is 0.720. The normalized spacial score (nSPS) is 27.5. The lowest BCUT2D eigenvalue weighted by Crippen LogP contribution is -2.59. The number of hydrogen-bond donors (Lipinski definition) is 2. The Bertz CT molecular complexity index is 1410. The highest BCUT2D eigenvalue weighted by molar-refractivity contribution is 7.90. The van der Waals surface area contributed by atoms with Gasteiger partial charge in [-0.2, -0.15) is 8.42 Å². The van der Waals surface area contributed by atoms with Crippen molar-refractivity contribution in [1.29, 1.82) is 0 Å². The van der Waals surface area contributed by atoms with E-state index in [0.29, 0.717) is 17.0 Å². The van der Waals surface area contributed by atoms with Gasteiger partial charge >= 0.3 is 0 Å². The van der Waals surface area contributed by atoms with Crippen LogP contribution in [0.5, 0.6) is 0 Å². The molecule has 1 spiro atoms. The average Bonchev–Trinajstić information content (AvgIpc) is 3.43. The number of rotatable bonds is 7. The number of aromatic nitrogens is 4. The highest BCUT2D eigenvalue weighted by Gasteiger charge is 2.67. The number of fused-ring (bicyclic) bond motifs is 1. The molecule has 0 bridgehead atoms. The zero-order valence-electron chi connectivity index (χ0n) is 25.4. The van der Waals surface area contributed by atoms with E-state index >= 15 is 0 Å². The molecule has 2 aliphatic rings. The van der Waals surface area contributed by atoms with E-state index < -0.39 is 50.8 Å². The number of nitrogens with zero attached hydrogens (tertiary/aromatic N) is 4. The van der Waals surface area contributed by atoms with Gasteiger partial charge in [0.05, 0.1) is 24.0 Å². The predicted octanol–water partition coefficient (Wildman–Crippen LogP) is 4.08. The lowest BCUT2D eigenvalue weighted by molar-refractivity contribution is -0.0535. The molecule has 12 nitrogen and oxygen atoms in total. The molecule has 224 valence electrons. The highest BCUT2D eigenvalue weighted by Crippen LogP contribution is 2.52.